The molecular weight excluding hydrogens is 338 g/mol. The number of anilines is 1. The molecule has 0 N–H and O–H groups in total. The van der Waals surface area contributed by atoms with Crippen LogP contribution in [-0.2, 0) is 0 Å². The number of amides is 1. The normalized spacial score (nSPS) is 14.9. The molecule has 5 heteroatoms. The van der Waals surface area contributed by atoms with Crippen molar-refractivity contribution in [1.29, 1.82) is 0 Å². The van der Waals surface area contributed by atoms with Crippen LogP contribution in [0, 0.1) is 6.92 Å². The van der Waals surface area contributed by atoms with E-state index in [9.17, 15) is 4.79 Å². The summed E-state index contributed by atoms with van der Waals surface area (Å²) in [6.07, 6.45) is 4.05. The van der Waals surface area contributed by atoms with Gasteiger partial charge in [-0.2, -0.15) is 0 Å². The van der Waals surface area contributed by atoms with Crippen LogP contribution in [0.5, 0.6) is 0 Å². The number of rotatable bonds is 3. The molecule has 0 spiro atoms. The number of aryl methyl sites for hydroxylation is 1. The number of oxazole rings is 1. The molecule has 1 saturated heterocycles. The molecule has 138 valence electrons. The van der Waals surface area contributed by atoms with Crippen LogP contribution >= 0.6 is 0 Å². The molecule has 1 aliphatic heterocycles. The van der Waals surface area contributed by atoms with Crippen LogP contribution < -0.4 is 4.90 Å². The van der Waals surface area contributed by atoms with E-state index in [1.54, 1.807) is 6.20 Å². The topological polar surface area (TPSA) is 49.6 Å². The monoisotopic (exact) mass is 361 g/mol. The Morgan fingerprint density at radius 1 is 1.00 bits per heavy atom. The summed E-state index contributed by atoms with van der Waals surface area (Å²) in [5.74, 6) is 0.795. The predicted octanol–water partition coefficient (Wildman–Crippen LogP) is 4.00. The van der Waals surface area contributed by atoms with Gasteiger partial charge in [0.1, 0.15) is 0 Å². The highest BCUT2D eigenvalue weighted by Crippen LogP contribution is 2.22. The fourth-order valence-corrected chi connectivity index (χ4v) is 3.60. The van der Waals surface area contributed by atoms with Gasteiger partial charge in [0.05, 0.1) is 6.20 Å². The van der Waals surface area contributed by atoms with Gasteiger partial charge in [-0.05, 0) is 37.1 Å². The Morgan fingerprint density at radius 3 is 2.56 bits per heavy atom. The molecule has 2 aromatic carbocycles. The maximum atomic E-state index is 12.9. The van der Waals surface area contributed by atoms with Crippen LogP contribution in [0.2, 0.25) is 0 Å². The van der Waals surface area contributed by atoms with Gasteiger partial charge in [0.25, 0.3) is 5.91 Å². The first kappa shape index (κ1) is 17.3. The average molecular weight is 361 g/mol. The average Bonchev–Trinajstić information content (AvgIpc) is 3.13. The second-order valence-corrected chi connectivity index (χ2v) is 6.86. The highest BCUT2D eigenvalue weighted by molar-refractivity contribution is 5.94. The smallest absolute Gasteiger partial charge is 0.253 e. The van der Waals surface area contributed by atoms with Crippen LogP contribution in [0.4, 0.5) is 5.69 Å². The van der Waals surface area contributed by atoms with Gasteiger partial charge >= 0.3 is 0 Å². The molecule has 3 aromatic rings. The van der Waals surface area contributed by atoms with Crippen molar-refractivity contribution in [3.05, 3.63) is 72.2 Å². The molecule has 1 aromatic heterocycles. The first-order chi connectivity index (χ1) is 13.2. The summed E-state index contributed by atoms with van der Waals surface area (Å²) in [5.41, 5.74) is 4.18. The Balaban J connectivity index is 1.44. The number of carbonyl (C=O) groups excluding carboxylic acids is 1. The lowest BCUT2D eigenvalue weighted by atomic mass is 10.1. The Kier molecular flexibility index (Phi) is 4.92. The van der Waals surface area contributed by atoms with E-state index in [0.29, 0.717) is 11.3 Å². The van der Waals surface area contributed by atoms with Crippen molar-refractivity contribution in [1.82, 2.24) is 9.88 Å². The van der Waals surface area contributed by atoms with Crippen molar-refractivity contribution in [2.75, 3.05) is 31.1 Å². The number of aromatic nitrogens is 1. The summed E-state index contributed by atoms with van der Waals surface area (Å²) in [5, 5.41) is 0. The maximum Gasteiger partial charge on any atom is 0.253 e. The fraction of sp³-hybridized carbons (Fsp3) is 0.273. The molecule has 4 rings (SSSR count). The summed E-state index contributed by atoms with van der Waals surface area (Å²) in [6, 6.07) is 16.0. The minimum atomic E-state index is 0.0887. The first-order valence-electron chi connectivity index (χ1n) is 9.31. The van der Waals surface area contributed by atoms with Crippen LogP contribution in [0.25, 0.3) is 11.3 Å². The van der Waals surface area contributed by atoms with Crippen LogP contribution in [-0.4, -0.2) is 42.0 Å². The predicted molar refractivity (Wildman–Crippen MR) is 106 cm³/mol. The third-order valence-corrected chi connectivity index (χ3v) is 5.09. The molecule has 1 amide bonds. The van der Waals surface area contributed by atoms with Crippen molar-refractivity contribution in [2.45, 2.75) is 13.3 Å². The maximum absolute atomic E-state index is 12.9. The first-order valence-corrected chi connectivity index (χ1v) is 9.31. The second kappa shape index (κ2) is 7.66. The zero-order chi connectivity index (χ0) is 18.6. The Morgan fingerprint density at radius 2 is 1.81 bits per heavy atom. The number of hydrogen-bond acceptors (Lipinski definition) is 4. The Hall–Kier alpha value is -3.08. The summed E-state index contributed by atoms with van der Waals surface area (Å²) in [4.78, 5) is 21.2. The van der Waals surface area contributed by atoms with E-state index in [4.69, 9.17) is 4.42 Å². The van der Waals surface area contributed by atoms with Gasteiger partial charge in [0.2, 0.25) is 0 Å². The summed E-state index contributed by atoms with van der Waals surface area (Å²) in [6.45, 7) is 5.48. The Bertz CT molecular complexity index is 904. The molecule has 0 unspecified atom stereocenters. The van der Waals surface area contributed by atoms with Crippen molar-refractivity contribution < 1.29 is 9.21 Å². The Labute approximate surface area is 159 Å². The third kappa shape index (κ3) is 3.72. The summed E-state index contributed by atoms with van der Waals surface area (Å²) >= 11 is 0. The van der Waals surface area contributed by atoms with Gasteiger partial charge < -0.3 is 14.2 Å². The molecule has 0 saturated carbocycles. The minimum Gasteiger partial charge on any atom is -0.444 e. The largest absolute Gasteiger partial charge is 0.444 e. The van der Waals surface area contributed by atoms with Crippen LogP contribution in [0.3, 0.4) is 0 Å². The minimum absolute atomic E-state index is 0.0887. The molecular formula is C22H23N3O2. The lowest BCUT2D eigenvalue weighted by Crippen LogP contribution is -2.35. The van der Waals surface area contributed by atoms with Gasteiger partial charge in [-0.1, -0.05) is 30.3 Å². The zero-order valence-electron chi connectivity index (χ0n) is 15.5. The molecule has 1 fully saturated rings. The standard InChI is InChI=1S/C22H23N3O2/c1-17-5-2-3-6-20(17)24-11-4-12-25(14-13-24)22(26)19-9-7-18(8-10-19)21-15-23-16-27-21/h2-3,5-10,15-16H,4,11-14H2,1H3. The zero-order valence-corrected chi connectivity index (χ0v) is 15.5. The molecule has 5 nitrogen and oxygen atoms in total. The third-order valence-electron chi connectivity index (χ3n) is 5.09. The number of carbonyl (C=O) groups is 1. The summed E-state index contributed by atoms with van der Waals surface area (Å²) in [7, 11) is 0. The van der Waals surface area contributed by atoms with E-state index >= 15 is 0 Å². The van der Waals surface area contributed by atoms with E-state index in [1.807, 2.05) is 29.2 Å². The van der Waals surface area contributed by atoms with Gasteiger partial charge in [0, 0.05) is 43.0 Å². The highest BCUT2D eigenvalue weighted by atomic mass is 16.3. The van der Waals surface area contributed by atoms with Crippen molar-refractivity contribution in [3.8, 4) is 11.3 Å². The van der Waals surface area contributed by atoms with Crippen molar-refractivity contribution >= 4 is 11.6 Å². The van der Waals surface area contributed by atoms with E-state index in [0.717, 1.165) is 38.2 Å². The van der Waals surface area contributed by atoms with Gasteiger partial charge in [-0.3, -0.25) is 4.79 Å². The SMILES string of the molecule is Cc1ccccc1N1CCCN(C(=O)c2ccc(-c3cnco3)cc2)CC1. The van der Waals surface area contributed by atoms with Crippen LogP contribution in [0.15, 0.2) is 65.5 Å². The van der Waals surface area contributed by atoms with E-state index in [-0.39, 0.29) is 5.91 Å². The van der Waals surface area contributed by atoms with Gasteiger partial charge in [0.15, 0.2) is 12.2 Å². The van der Waals surface area contributed by atoms with E-state index in [1.165, 1.54) is 17.6 Å². The number of hydrogen-bond donors (Lipinski definition) is 0. The highest BCUT2D eigenvalue weighted by Gasteiger charge is 2.21. The van der Waals surface area contributed by atoms with Crippen molar-refractivity contribution in [3.63, 3.8) is 0 Å². The molecule has 0 aliphatic carbocycles. The number of benzene rings is 2. The molecule has 27 heavy (non-hydrogen) atoms. The molecule has 2 heterocycles. The number of nitrogens with zero attached hydrogens (tertiary/aromatic N) is 3. The number of para-hydroxylation sites is 1. The molecule has 0 radical (unpaired) electrons. The van der Waals surface area contributed by atoms with Crippen molar-refractivity contribution in [2.24, 2.45) is 0 Å². The second-order valence-electron chi connectivity index (χ2n) is 6.86. The quantitative estimate of drug-likeness (QED) is 0.707. The molecule has 0 atom stereocenters. The fourth-order valence-electron chi connectivity index (χ4n) is 3.60. The van der Waals surface area contributed by atoms with E-state index < -0.39 is 0 Å². The summed E-state index contributed by atoms with van der Waals surface area (Å²) < 4.78 is 5.30. The van der Waals surface area contributed by atoms with Gasteiger partial charge in [-0.25, -0.2) is 4.98 Å². The lowest BCUT2D eigenvalue weighted by Gasteiger charge is -2.25. The molecule has 0 bridgehead atoms. The lowest BCUT2D eigenvalue weighted by molar-refractivity contribution is 0.0767. The van der Waals surface area contributed by atoms with E-state index in [2.05, 4.69) is 41.1 Å². The molecule has 1 aliphatic rings. The van der Waals surface area contributed by atoms with Crippen LogP contribution in [0.1, 0.15) is 22.3 Å². The van der Waals surface area contributed by atoms with Gasteiger partial charge in [-0.15, -0.1) is 0 Å².